The molecule has 0 radical (unpaired) electrons. The van der Waals surface area contributed by atoms with Gasteiger partial charge >= 0.3 is 0 Å². The second kappa shape index (κ2) is 6.93. The Morgan fingerprint density at radius 3 is 2.67 bits per heavy atom. The SMILES string of the molecule is CSc1ncc2c(-c3ccccc3)nn(CC3CCCCC3)c2n1. The van der Waals surface area contributed by atoms with Crippen molar-refractivity contribution in [1.29, 1.82) is 0 Å². The van der Waals surface area contributed by atoms with Gasteiger partial charge < -0.3 is 0 Å². The molecule has 1 fully saturated rings. The van der Waals surface area contributed by atoms with E-state index in [1.54, 1.807) is 11.8 Å². The summed E-state index contributed by atoms with van der Waals surface area (Å²) in [6.45, 7) is 0.966. The number of aromatic nitrogens is 4. The minimum absolute atomic E-state index is 0.721. The van der Waals surface area contributed by atoms with E-state index in [2.05, 4.69) is 33.9 Å². The lowest BCUT2D eigenvalue weighted by molar-refractivity contribution is 0.311. The fourth-order valence-corrected chi connectivity index (χ4v) is 3.93. The van der Waals surface area contributed by atoms with Crippen LogP contribution in [-0.4, -0.2) is 26.0 Å². The number of thioether (sulfide) groups is 1. The number of hydrogen-bond donors (Lipinski definition) is 0. The van der Waals surface area contributed by atoms with E-state index in [0.717, 1.165) is 39.9 Å². The van der Waals surface area contributed by atoms with Gasteiger partial charge in [0.1, 0.15) is 5.69 Å². The molecule has 1 saturated carbocycles. The fraction of sp³-hybridized carbons (Fsp3) is 0.421. The zero-order valence-electron chi connectivity index (χ0n) is 14.0. The average Bonchev–Trinajstić information content (AvgIpc) is 3.01. The van der Waals surface area contributed by atoms with E-state index in [9.17, 15) is 0 Å². The van der Waals surface area contributed by atoms with Crippen LogP contribution < -0.4 is 0 Å². The number of rotatable bonds is 4. The molecule has 4 rings (SSSR count). The van der Waals surface area contributed by atoms with Gasteiger partial charge in [-0.25, -0.2) is 14.6 Å². The highest BCUT2D eigenvalue weighted by Gasteiger charge is 2.19. The molecule has 0 N–H and O–H groups in total. The molecule has 5 heteroatoms. The number of benzene rings is 1. The van der Waals surface area contributed by atoms with Gasteiger partial charge in [0.2, 0.25) is 0 Å². The van der Waals surface area contributed by atoms with Crippen LogP contribution in [0.25, 0.3) is 22.3 Å². The molecular formula is C19H22N4S. The second-order valence-electron chi connectivity index (χ2n) is 6.49. The standard InChI is InChI=1S/C19H22N4S/c1-24-19-20-12-16-17(15-10-6-3-7-11-15)22-23(18(16)21-19)13-14-8-4-2-5-9-14/h3,6-7,10-12,14H,2,4-5,8-9,13H2,1H3. The van der Waals surface area contributed by atoms with Crippen molar-refractivity contribution < 1.29 is 0 Å². The third kappa shape index (κ3) is 3.05. The molecule has 2 heterocycles. The molecule has 1 aliphatic rings. The van der Waals surface area contributed by atoms with Crippen molar-refractivity contribution in [2.24, 2.45) is 5.92 Å². The maximum absolute atomic E-state index is 4.93. The summed E-state index contributed by atoms with van der Waals surface area (Å²) in [6, 6.07) is 10.4. The Morgan fingerprint density at radius 1 is 1.12 bits per heavy atom. The quantitative estimate of drug-likeness (QED) is 0.506. The van der Waals surface area contributed by atoms with E-state index < -0.39 is 0 Å². The normalized spacial score (nSPS) is 15.9. The molecule has 0 amide bonds. The fourth-order valence-electron chi connectivity index (χ4n) is 3.59. The smallest absolute Gasteiger partial charge is 0.189 e. The highest BCUT2D eigenvalue weighted by molar-refractivity contribution is 7.98. The van der Waals surface area contributed by atoms with Gasteiger partial charge in [-0.2, -0.15) is 5.10 Å². The molecule has 3 aromatic rings. The van der Waals surface area contributed by atoms with Crippen molar-refractivity contribution in [3.8, 4) is 11.3 Å². The van der Waals surface area contributed by atoms with E-state index in [4.69, 9.17) is 10.1 Å². The van der Waals surface area contributed by atoms with E-state index in [1.807, 2.05) is 18.5 Å². The summed E-state index contributed by atoms with van der Waals surface area (Å²) in [5, 5.41) is 6.80. The zero-order valence-corrected chi connectivity index (χ0v) is 14.8. The summed E-state index contributed by atoms with van der Waals surface area (Å²) >= 11 is 1.58. The van der Waals surface area contributed by atoms with Crippen molar-refractivity contribution in [2.45, 2.75) is 43.8 Å². The molecule has 1 aliphatic carbocycles. The maximum atomic E-state index is 4.93. The molecule has 0 bridgehead atoms. The number of fused-ring (bicyclic) bond motifs is 1. The first-order valence-electron chi connectivity index (χ1n) is 8.68. The molecular weight excluding hydrogens is 316 g/mol. The molecule has 1 aromatic carbocycles. The molecule has 0 saturated heterocycles. The van der Waals surface area contributed by atoms with Gasteiger partial charge in [-0.15, -0.1) is 0 Å². The van der Waals surface area contributed by atoms with Gasteiger partial charge in [-0.05, 0) is 25.0 Å². The number of nitrogens with zero attached hydrogens (tertiary/aromatic N) is 4. The van der Waals surface area contributed by atoms with Crippen LogP contribution in [0.3, 0.4) is 0 Å². The summed E-state index contributed by atoms with van der Waals surface area (Å²) in [6.07, 6.45) is 10.6. The Hall–Kier alpha value is -1.88. The highest BCUT2D eigenvalue weighted by Crippen LogP contribution is 2.30. The van der Waals surface area contributed by atoms with Crippen LogP contribution in [0.1, 0.15) is 32.1 Å². The van der Waals surface area contributed by atoms with Crippen LogP contribution in [0.4, 0.5) is 0 Å². The Bertz CT molecular complexity index is 822. The van der Waals surface area contributed by atoms with E-state index >= 15 is 0 Å². The molecule has 0 unspecified atom stereocenters. The molecule has 124 valence electrons. The van der Waals surface area contributed by atoms with Crippen molar-refractivity contribution in [3.05, 3.63) is 36.5 Å². The molecule has 2 aromatic heterocycles. The summed E-state index contributed by atoms with van der Waals surface area (Å²) in [7, 11) is 0. The monoisotopic (exact) mass is 338 g/mol. The highest BCUT2D eigenvalue weighted by atomic mass is 32.2. The largest absolute Gasteiger partial charge is 0.246 e. The van der Waals surface area contributed by atoms with Gasteiger partial charge in [0.25, 0.3) is 0 Å². The predicted octanol–water partition coefficient (Wildman–Crippen LogP) is 4.80. The van der Waals surface area contributed by atoms with Crippen LogP contribution in [0.15, 0.2) is 41.7 Å². The first kappa shape index (κ1) is 15.6. The van der Waals surface area contributed by atoms with Gasteiger partial charge in [-0.1, -0.05) is 61.4 Å². The van der Waals surface area contributed by atoms with Crippen LogP contribution in [0, 0.1) is 5.92 Å². The van der Waals surface area contributed by atoms with Crippen molar-refractivity contribution in [2.75, 3.05) is 6.26 Å². The molecule has 0 aliphatic heterocycles. The summed E-state index contributed by atoms with van der Waals surface area (Å²) in [5.41, 5.74) is 3.10. The third-order valence-electron chi connectivity index (χ3n) is 4.85. The molecule has 0 atom stereocenters. The summed E-state index contributed by atoms with van der Waals surface area (Å²) < 4.78 is 2.12. The van der Waals surface area contributed by atoms with Gasteiger partial charge in [0, 0.05) is 18.3 Å². The first-order valence-corrected chi connectivity index (χ1v) is 9.90. The molecule has 4 nitrogen and oxygen atoms in total. The summed E-state index contributed by atoms with van der Waals surface area (Å²) in [4.78, 5) is 9.23. The summed E-state index contributed by atoms with van der Waals surface area (Å²) in [5.74, 6) is 0.721. The lowest BCUT2D eigenvalue weighted by Crippen LogP contribution is -2.15. The third-order valence-corrected chi connectivity index (χ3v) is 5.41. The lowest BCUT2D eigenvalue weighted by atomic mass is 9.89. The van der Waals surface area contributed by atoms with Crippen molar-refractivity contribution in [3.63, 3.8) is 0 Å². The Morgan fingerprint density at radius 2 is 1.92 bits per heavy atom. The molecule has 24 heavy (non-hydrogen) atoms. The van der Waals surface area contributed by atoms with Gasteiger partial charge in [0.05, 0.1) is 5.39 Å². The van der Waals surface area contributed by atoms with E-state index in [-0.39, 0.29) is 0 Å². The van der Waals surface area contributed by atoms with E-state index in [1.165, 1.54) is 32.1 Å². The maximum Gasteiger partial charge on any atom is 0.189 e. The lowest BCUT2D eigenvalue weighted by Gasteiger charge is -2.21. The Balaban J connectivity index is 1.79. The second-order valence-corrected chi connectivity index (χ2v) is 7.27. The zero-order chi connectivity index (χ0) is 16.4. The van der Waals surface area contributed by atoms with Gasteiger partial charge in [0.15, 0.2) is 10.8 Å². The molecule has 0 spiro atoms. The van der Waals surface area contributed by atoms with Gasteiger partial charge in [-0.3, -0.25) is 0 Å². The minimum Gasteiger partial charge on any atom is -0.246 e. The van der Waals surface area contributed by atoms with Crippen LogP contribution >= 0.6 is 11.8 Å². The van der Waals surface area contributed by atoms with E-state index in [0.29, 0.717) is 0 Å². The minimum atomic E-state index is 0.721. The van der Waals surface area contributed by atoms with Crippen LogP contribution in [-0.2, 0) is 6.54 Å². The van der Waals surface area contributed by atoms with Crippen LogP contribution in [0.2, 0.25) is 0 Å². The van der Waals surface area contributed by atoms with Crippen LogP contribution in [0.5, 0.6) is 0 Å². The Kier molecular flexibility index (Phi) is 4.52. The predicted molar refractivity (Wildman–Crippen MR) is 99.1 cm³/mol. The average molecular weight is 338 g/mol. The topological polar surface area (TPSA) is 43.6 Å². The van der Waals surface area contributed by atoms with Crippen molar-refractivity contribution in [1.82, 2.24) is 19.7 Å². The van der Waals surface area contributed by atoms with Crippen molar-refractivity contribution >= 4 is 22.8 Å². The first-order chi connectivity index (χ1) is 11.8. The Labute approximate surface area is 146 Å². The number of hydrogen-bond acceptors (Lipinski definition) is 4.